The van der Waals surface area contributed by atoms with E-state index in [9.17, 15) is 14.4 Å². The van der Waals surface area contributed by atoms with Crippen molar-refractivity contribution >= 4 is 23.4 Å². The lowest BCUT2D eigenvalue weighted by molar-refractivity contribution is -0.122. The summed E-state index contributed by atoms with van der Waals surface area (Å²) in [6.45, 7) is 1.52. The first kappa shape index (κ1) is 20.6. The molecule has 8 rings (SSSR count). The number of carbonyl (C=O) groups is 3. The van der Waals surface area contributed by atoms with Gasteiger partial charge in [0.05, 0.1) is 17.5 Å². The first-order valence-corrected chi connectivity index (χ1v) is 12.6. The zero-order valence-corrected chi connectivity index (χ0v) is 19.4. The van der Waals surface area contributed by atoms with Gasteiger partial charge < -0.3 is 4.90 Å². The first-order valence-electron chi connectivity index (χ1n) is 12.6. The van der Waals surface area contributed by atoms with Crippen LogP contribution in [0, 0.1) is 11.8 Å². The maximum Gasteiger partial charge on any atom is 0.253 e. The molecule has 2 bridgehead atoms. The Balaban J connectivity index is 1.30. The highest BCUT2D eigenvalue weighted by Gasteiger charge is 2.61. The van der Waals surface area contributed by atoms with Crippen molar-refractivity contribution in [2.75, 3.05) is 18.0 Å². The molecule has 0 spiro atoms. The Bertz CT molecular complexity index is 1270. The van der Waals surface area contributed by atoms with Gasteiger partial charge in [-0.05, 0) is 59.7 Å². The van der Waals surface area contributed by atoms with Crippen molar-refractivity contribution in [2.45, 2.75) is 31.1 Å². The molecule has 3 aromatic carbocycles. The number of nitrogens with zero attached hydrogens (tertiary/aromatic N) is 2. The molecular weight excluding hydrogens is 436 g/mol. The number of rotatable bonds is 2. The van der Waals surface area contributed by atoms with E-state index >= 15 is 0 Å². The maximum absolute atomic E-state index is 14.0. The van der Waals surface area contributed by atoms with Crippen molar-refractivity contribution < 1.29 is 14.4 Å². The summed E-state index contributed by atoms with van der Waals surface area (Å²) < 4.78 is 0. The summed E-state index contributed by atoms with van der Waals surface area (Å²) >= 11 is 0. The van der Waals surface area contributed by atoms with Crippen LogP contribution in [0.2, 0.25) is 0 Å². The molecule has 174 valence electrons. The van der Waals surface area contributed by atoms with E-state index in [0.29, 0.717) is 11.3 Å². The van der Waals surface area contributed by atoms with E-state index in [1.165, 1.54) is 4.90 Å². The third kappa shape index (κ3) is 2.84. The van der Waals surface area contributed by atoms with Gasteiger partial charge >= 0.3 is 0 Å². The average Bonchev–Trinajstić information content (AvgIpc) is 3.19. The van der Waals surface area contributed by atoms with Gasteiger partial charge in [0.25, 0.3) is 5.91 Å². The molecule has 2 saturated heterocycles. The third-order valence-electron chi connectivity index (χ3n) is 8.44. The number of piperidine rings is 1. The zero-order valence-electron chi connectivity index (χ0n) is 19.4. The van der Waals surface area contributed by atoms with E-state index in [1.807, 2.05) is 29.2 Å². The number of hydrogen-bond donors (Lipinski definition) is 0. The van der Waals surface area contributed by atoms with E-state index in [-0.39, 0.29) is 29.6 Å². The van der Waals surface area contributed by atoms with E-state index < -0.39 is 11.8 Å². The van der Waals surface area contributed by atoms with Crippen LogP contribution < -0.4 is 4.90 Å². The van der Waals surface area contributed by atoms with Crippen molar-refractivity contribution in [1.82, 2.24) is 4.90 Å². The van der Waals surface area contributed by atoms with E-state index in [2.05, 4.69) is 24.3 Å². The molecule has 5 heteroatoms. The van der Waals surface area contributed by atoms with Gasteiger partial charge in [0.1, 0.15) is 0 Å². The second-order valence-electron chi connectivity index (χ2n) is 10.2. The summed E-state index contributed by atoms with van der Waals surface area (Å²) in [5, 5.41) is 0. The summed E-state index contributed by atoms with van der Waals surface area (Å²) in [7, 11) is 0. The van der Waals surface area contributed by atoms with E-state index in [1.54, 1.807) is 24.3 Å². The number of benzene rings is 3. The molecule has 35 heavy (non-hydrogen) atoms. The van der Waals surface area contributed by atoms with Crippen molar-refractivity contribution in [3.63, 3.8) is 0 Å². The van der Waals surface area contributed by atoms with Gasteiger partial charge in [-0.15, -0.1) is 0 Å². The van der Waals surface area contributed by atoms with Gasteiger partial charge in [-0.3, -0.25) is 14.4 Å². The average molecular weight is 463 g/mol. The van der Waals surface area contributed by atoms with Crippen LogP contribution in [-0.2, 0) is 9.59 Å². The Morgan fingerprint density at radius 3 is 1.69 bits per heavy atom. The maximum atomic E-state index is 14.0. The molecule has 2 fully saturated rings. The quantitative estimate of drug-likeness (QED) is 0.519. The van der Waals surface area contributed by atoms with Gasteiger partial charge in [0.2, 0.25) is 11.8 Å². The minimum atomic E-state index is -0.418. The monoisotopic (exact) mass is 462 g/mol. The first-order chi connectivity index (χ1) is 17.1. The summed E-state index contributed by atoms with van der Waals surface area (Å²) in [4.78, 5) is 44.3. The normalized spacial score (nSPS) is 26.4. The van der Waals surface area contributed by atoms with Crippen LogP contribution in [-0.4, -0.2) is 35.7 Å². The summed E-state index contributed by atoms with van der Waals surface area (Å²) in [6, 6.07) is 23.6. The highest BCUT2D eigenvalue weighted by atomic mass is 16.2. The van der Waals surface area contributed by atoms with Gasteiger partial charge in [-0.25, -0.2) is 4.90 Å². The fourth-order valence-corrected chi connectivity index (χ4v) is 6.99. The van der Waals surface area contributed by atoms with Gasteiger partial charge in [0.15, 0.2) is 0 Å². The van der Waals surface area contributed by atoms with E-state index in [4.69, 9.17) is 0 Å². The number of amides is 3. The van der Waals surface area contributed by atoms with Crippen LogP contribution in [0.1, 0.15) is 63.7 Å². The second-order valence-corrected chi connectivity index (χ2v) is 10.2. The minimum Gasteiger partial charge on any atom is -0.339 e. The molecule has 0 aromatic heterocycles. The number of anilines is 1. The molecular formula is C30H26N2O3. The van der Waals surface area contributed by atoms with Gasteiger partial charge in [-0.1, -0.05) is 54.6 Å². The molecule has 3 amide bonds. The Morgan fingerprint density at radius 2 is 1.17 bits per heavy atom. The molecule has 2 atom stereocenters. The largest absolute Gasteiger partial charge is 0.339 e. The molecule has 2 aliphatic heterocycles. The third-order valence-corrected chi connectivity index (χ3v) is 8.44. The smallest absolute Gasteiger partial charge is 0.253 e. The Kier molecular flexibility index (Phi) is 4.50. The van der Waals surface area contributed by atoms with Crippen molar-refractivity contribution in [1.29, 1.82) is 0 Å². The molecule has 0 radical (unpaired) electrons. The Hall–Kier alpha value is -3.73. The number of hydrogen-bond acceptors (Lipinski definition) is 3. The zero-order chi connectivity index (χ0) is 23.7. The lowest BCUT2D eigenvalue weighted by Gasteiger charge is -2.45. The van der Waals surface area contributed by atoms with Crippen LogP contribution in [0.25, 0.3) is 0 Å². The molecule has 2 unspecified atom stereocenters. The molecule has 2 heterocycles. The number of likely N-dealkylation sites (tertiary alicyclic amines) is 1. The van der Waals surface area contributed by atoms with Crippen LogP contribution in [0.5, 0.6) is 0 Å². The van der Waals surface area contributed by atoms with Crippen molar-refractivity contribution in [3.8, 4) is 0 Å². The molecule has 3 aromatic rings. The van der Waals surface area contributed by atoms with E-state index in [0.717, 1.165) is 54.6 Å². The summed E-state index contributed by atoms with van der Waals surface area (Å²) in [5.74, 6) is -1.42. The highest BCUT2D eigenvalue weighted by molar-refractivity contribution is 6.23. The highest BCUT2D eigenvalue weighted by Crippen LogP contribution is 2.61. The van der Waals surface area contributed by atoms with Crippen molar-refractivity contribution in [2.24, 2.45) is 11.8 Å². The number of imide groups is 1. The predicted octanol–water partition coefficient (Wildman–Crippen LogP) is 4.71. The number of carbonyl (C=O) groups excluding carboxylic acids is 3. The summed E-state index contributed by atoms with van der Waals surface area (Å²) in [6.07, 6.45) is 3.18. The van der Waals surface area contributed by atoms with Gasteiger partial charge in [-0.2, -0.15) is 0 Å². The van der Waals surface area contributed by atoms with Crippen LogP contribution in [0.15, 0.2) is 72.8 Å². The standard InChI is InChI=1S/C30H26N2O3/c33-28(31-15-6-1-7-16-31)18-9-8-10-19(17-18)32-29(34)26-24-20-11-2-3-12-21(20)25(27(26)30(32)35)23-14-5-4-13-22(23)24/h2-5,8-14,17,24-27H,1,6-7,15-16H2. The fourth-order valence-electron chi connectivity index (χ4n) is 6.99. The lowest BCUT2D eigenvalue weighted by Crippen LogP contribution is -2.41. The van der Waals surface area contributed by atoms with Gasteiger partial charge in [0, 0.05) is 30.5 Å². The molecule has 3 aliphatic carbocycles. The SMILES string of the molecule is O=C(c1cccc(N2C(=O)C3C4c5ccccc5C(c5ccccc54)C3C2=O)c1)N1CCCCC1. The Labute approximate surface area is 204 Å². The van der Waals surface area contributed by atoms with Crippen LogP contribution in [0.3, 0.4) is 0 Å². The fraction of sp³-hybridized carbons (Fsp3) is 0.300. The Morgan fingerprint density at radius 1 is 0.657 bits per heavy atom. The predicted molar refractivity (Wildman–Crippen MR) is 132 cm³/mol. The lowest BCUT2D eigenvalue weighted by atomic mass is 9.55. The molecule has 0 N–H and O–H groups in total. The minimum absolute atomic E-state index is 0.0251. The van der Waals surface area contributed by atoms with Crippen LogP contribution >= 0.6 is 0 Å². The van der Waals surface area contributed by atoms with Crippen LogP contribution in [0.4, 0.5) is 5.69 Å². The van der Waals surface area contributed by atoms with Crippen molar-refractivity contribution in [3.05, 3.63) is 101 Å². The molecule has 0 saturated carbocycles. The second kappa shape index (κ2) is 7.64. The molecule has 5 nitrogen and oxygen atoms in total. The summed E-state index contributed by atoms with van der Waals surface area (Å²) in [5.41, 5.74) is 5.69. The molecule has 5 aliphatic rings. The topological polar surface area (TPSA) is 57.7 Å².